The molecule has 0 aliphatic heterocycles. The Hall–Kier alpha value is -9.96. The van der Waals surface area contributed by atoms with Crippen molar-refractivity contribution in [2.24, 2.45) is 0 Å². The monoisotopic (exact) mass is 980 g/mol. The molecule has 0 amide bonds. The predicted octanol–water partition coefficient (Wildman–Crippen LogP) is 13.0. The maximum absolute atomic E-state index is 5.28. The van der Waals surface area contributed by atoms with Crippen molar-refractivity contribution in [3.05, 3.63) is 291 Å². The summed E-state index contributed by atoms with van der Waals surface area (Å²) in [5.41, 5.74) is 7.39. The van der Waals surface area contributed by atoms with Crippen LogP contribution in [0.3, 0.4) is 0 Å². The first-order chi connectivity index (χ1) is 37.2. The highest BCUT2D eigenvalue weighted by Crippen LogP contribution is 2.36. The van der Waals surface area contributed by atoms with Crippen LogP contribution in [0.15, 0.2) is 291 Å². The van der Waals surface area contributed by atoms with Crippen molar-refractivity contribution in [2.75, 3.05) is 9.80 Å². The normalized spacial score (nSPS) is 11.2. The van der Waals surface area contributed by atoms with Gasteiger partial charge in [0.1, 0.15) is 0 Å². The van der Waals surface area contributed by atoms with Gasteiger partial charge in [0, 0.05) is 39.3 Å². The van der Waals surface area contributed by atoms with Gasteiger partial charge in [-0.1, -0.05) is 243 Å². The molecule has 0 aliphatic carbocycles. The summed E-state index contributed by atoms with van der Waals surface area (Å²) in [6.45, 7) is 0. The minimum Gasteiger partial charge on any atom is -0.311 e. The summed E-state index contributed by atoms with van der Waals surface area (Å²) in [7, 11) is -3.06. The van der Waals surface area contributed by atoms with Gasteiger partial charge < -0.3 is 4.90 Å². The molecule has 0 bridgehead atoms. The number of nitrogens with zero attached hydrogens (tertiary/aromatic N) is 8. The Labute approximate surface area is 437 Å². The molecule has 0 fully saturated rings. The van der Waals surface area contributed by atoms with Crippen LogP contribution in [0, 0.1) is 0 Å². The van der Waals surface area contributed by atoms with E-state index in [9.17, 15) is 0 Å². The maximum atomic E-state index is 5.28. The summed E-state index contributed by atoms with van der Waals surface area (Å²) in [6.07, 6.45) is 0. The molecule has 75 heavy (non-hydrogen) atoms. The van der Waals surface area contributed by atoms with Crippen LogP contribution in [-0.4, -0.2) is 38.0 Å². The average molecular weight is 981 g/mol. The van der Waals surface area contributed by atoms with Gasteiger partial charge in [-0.25, -0.2) is 14.9 Å². The van der Waals surface area contributed by atoms with E-state index >= 15 is 0 Å². The van der Waals surface area contributed by atoms with Crippen LogP contribution in [0.4, 0.5) is 34.6 Å². The van der Waals surface area contributed by atoms with Gasteiger partial charge in [0.25, 0.3) is 0 Å². The summed E-state index contributed by atoms with van der Waals surface area (Å²) in [6, 6.07) is 101. The third kappa shape index (κ3) is 9.39. The van der Waals surface area contributed by atoms with E-state index in [1.807, 2.05) is 126 Å². The molecule has 2 aromatic heterocycles. The fourth-order valence-electron chi connectivity index (χ4n) is 9.81. The van der Waals surface area contributed by atoms with Crippen LogP contribution < -0.4 is 30.5 Å². The van der Waals surface area contributed by atoms with E-state index in [-0.39, 0.29) is 0 Å². The molecule has 0 saturated heterocycles. The molecule has 0 N–H and O–H groups in total. The van der Waals surface area contributed by atoms with Crippen molar-refractivity contribution >= 4 is 63.5 Å². The van der Waals surface area contributed by atoms with Crippen molar-refractivity contribution < 1.29 is 0 Å². The van der Waals surface area contributed by atoms with E-state index < -0.39 is 8.07 Å². The van der Waals surface area contributed by atoms with Gasteiger partial charge in [-0.2, -0.15) is 19.9 Å². The molecule has 0 radical (unpaired) electrons. The van der Waals surface area contributed by atoms with Gasteiger partial charge in [-0.05, 0) is 69.3 Å². The average Bonchev–Trinajstić information content (AvgIpc) is 3.50. The maximum Gasteiger partial charge on any atom is 0.241 e. The molecule has 0 saturated carbocycles. The van der Waals surface area contributed by atoms with Crippen molar-refractivity contribution in [2.45, 2.75) is 0 Å². The second-order valence-corrected chi connectivity index (χ2v) is 21.8. The van der Waals surface area contributed by atoms with E-state index in [4.69, 9.17) is 29.9 Å². The third-order valence-corrected chi connectivity index (χ3v) is 18.1. The summed E-state index contributed by atoms with van der Waals surface area (Å²) in [5, 5.41) is 4.94. The van der Waals surface area contributed by atoms with Gasteiger partial charge in [-0.15, -0.1) is 0 Å². The smallest absolute Gasteiger partial charge is 0.241 e. The van der Waals surface area contributed by atoms with Crippen LogP contribution in [0.25, 0.3) is 45.6 Å². The lowest BCUT2D eigenvalue weighted by Gasteiger charge is -2.35. The Kier molecular flexibility index (Phi) is 12.9. The van der Waals surface area contributed by atoms with E-state index in [1.54, 1.807) is 0 Å². The fraction of sp³-hybridized carbons (Fsp3) is 0. The Bertz CT molecular complexity index is 3470. The van der Waals surface area contributed by atoms with Gasteiger partial charge in [0.05, 0.1) is 5.69 Å². The van der Waals surface area contributed by atoms with E-state index in [1.165, 1.54) is 20.7 Å². The van der Waals surface area contributed by atoms with Crippen molar-refractivity contribution in [1.29, 1.82) is 0 Å². The second kappa shape index (κ2) is 21.0. The predicted molar refractivity (Wildman–Crippen MR) is 308 cm³/mol. The highest BCUT2D eigenvalue weighted by molar-refractivity contribution is 7.19. The zero-order chi connectivity index (χ0) is 50.2. The number of aromatic nitrogens is 6. The molecule has 10 aromatic carbocycles. The van der Waals surface area contributed by atoms with Gasteiger partial charge in [-0.3, -0.25) is 0 Å². The summed E-state index contributed by atoms with van der Waals surface area (Å²) in [5.74, 6) is 2.77. The molecule has 12 rings (SSSR count). The lowest BCUT2D eigenvalue weighted by molar-refractivity contribution is 0.964. The molecule has 0 unspecified atom stereocenters. The first kappa shape index (κ1) is 46.1. The summed E-state index contributed by atoms with van der Waals surface area (Å²) in [4.78, 5) is 35.5. The van der Waals surface area contributed by atoms with Crippen LogP contribution >= 0.6 is 0 Å². The molecular weight excluding hydrogens is 933 g/mol. The van der Waals surface area contributed by atoms with Crippen LogP contribution in [0.1, 0.15) is 0 Å². The molecule has 8 nitrogen and oxygen atoms in total. The highest BCUT2D eigenvalue weighted by atomic mass is 28.3. The van der Waals surface area contributed by atoms with Crippen molar-refractivity contribution in [1.82, 2.24) is 29.9 Å². The minimum atomic E-state index is -3.06. The van der Waals surface area contributed by atoms with E-state index in [2.05, 4.69) is 175 Å². The molecule has 2 heterocycles. The quantitative estimate of drug-likeness (QED) is 0.0787. The van der Waals surface area contributed by atoms with Crippen molar-refractivity contribution in [3.63, 3.8) is 0 Å². The topological polar surface area (TPSA) is 83.8 Å². The molecule has 0 aliphatic rings. The van der Waals surface area contributed by atoms with Crippen LogP contribution in [0.5, 0.6) is 0 Å². The third-order valence-electron chi connectivity index (χ3n) is 13.3. The molecule has 0 atom stereocenters. The summed E-state index contributed by atoms with van der Waals surface area (Å²) < 4.78 is 0. The lowest BCUT2D eigenvalue weighted by Crippen LogP contribution is -2.74. The van der Waals surface area contributed by atoms with Crippen molar-refractivity contribution in [3.8, 4) is 45.6 Å². The largest absolute Gasteiger partial charge is 0.311 e. The molecule has 0 spiro atoms. The first-order valence-electron chi connectivity index (χ1n) is 25.0. The first-order valence-corrected chi connectivity index (χ1v) is 27.0. The number of rotatable bonds is 14. The second-order valence-electron chi connectivity index (χ2n) is 17.9. The lowest BCUT2D eigenvalue weighted by atomic mass is 10.2. The minimum absolute atomic E-state index is 0.353. The fourth-order valence-corrected chi connectivity index (χ4v) is 14.5. The Balaban J connectivity index is 1.08. The summed E-state index contributed by atoms with van der Waals surface area (Å²) >= 11 is 0. The zero-order valence-corrected chi connectivity index (χ0v) is 41.8. The number of anilines is 6. The van der Waals surface area contributed by atoms with Gasteiger partial charge >= 0.3 is 0 Å². The van der Waals surface area contributed by atoms with E-state index in [0.717, 1.165) is 45.0 Å². The number of para-hydroxylation sites is 2. The van der Waals surface area contributed by atoms with Crippen LogP contribution in [0.2, 0.25) is 0 Å². The number of hydrogen-bond donors (Lipinski definition) is 0. The molecule has 9 heteroatoms. The SMILES string of the molecule is c1ccc(-c2nc(-c3ccccc3)nc(N(c3ccc([Si](c4ccccc4)(c4ccccc4)c4ccc(N(c5ccccc5)c5ccccc5)cc4)cc3)c3nc(-c4ccccc4)nc(-c4ccccc4)n3)n2)cc1. The molecule has 356 valence electrons. The van der Waals surface area contributed by atoms with Gasteiger partial charge in [0.2, 0.25) is 11.9 Å². The Morgan fingerprint density at radius 1 is 0.200 bits per heavy atom. The van der Waals surface area contributed by atoms with Gasteiger partial charge in [0.15, 0.2) is 31.4 Å². The van der Waals surface area contributed by atoms with E-state index in [0.29, 0.717) is 35.2 Å². The Morgan fingerprint density at radius 3 is 0.720 bits per heavy atom. The number of benzene rings is 10. The Morgan fingerprint density at radius 2 is 0.427 bits per heavy atom. The highest BCUT2D eigenvalue weighted by Gasteiger charge is 2.42. The zero-order valence-electron chi connectivity index (χ0n) is 40.8. The number of hydrogen-bond acceptors (Lipinski definition) is 8. The molecule has 12 aromatic rings. The molecular formula is C66H48N8Si. The van der Waals surface area contributed by atoms with Crippen LogP contribution in [-0.2, 0) is 0 Å². The standard InChI is InChI=1S/C66H48N8Si/c1-9-25-49(26-10-1)61-67-62(50-27-11-2-12-28-50)70-65(69-61)74(66-71-63(51-29-13-3-14-30-51)68-64(72-66)52-31-15-4-16-32-52)56-43-47-60(48-44-56)75(57-37-21-7-22-38-57,58-39-23-8-24-40-58)59-45-41-55(42-46-59)73(53-33-17-5-18-34-53)54-35-19-6-20-36-54/h1-48H.